The largest absolute Gasteiger partial charge is 0.472 e. The molecule has 18 heavy (non-hydrogen) atoms. The first-order chi connectivity index (χ1) is 8.31. The number of ketones is 1. The van der Waals surface area contributed by atoms with E-state index in [1.165, 1.54) is 13.8 Å². The van der Waals surface area contributed by atoms with Gasteiger partial charge < -0.3 is 16.0 Å². The molecule has 0 aromatic heterocycles. The highest BCUT2D eigenvalue weighted by Crippen LogP contribution is 2.27. The molecule has 1 heterocycles. The first kappa shape index (κ1) is 14.0. The number of rotatable bonds is 5. The van der Waals surface area contributed by atoms with Crippen LogP contribution in [0.1, 0.15) is 13.8 Å². The minimum atomic E-state index is -1.68. The summed E-state index contributed by atoms with van der Waals surface area (Å²) in [5.74, 6) is -5.12. The van der Waals surface area contributed by atoms with E-state index in [1.807, 2.05) is 0 Å². The third-order valence-electron chi connectivity index (χ3n) is 2.98. The summed E-state index contributed by atoms with van der Waals surface area (Å²) in [6.07, 6.45) is -1.45. The smallest absolute Gasteiger partial charge is 0.441 e. The van der Waals surface area contributed by atoms with Gasteiger partial charge in [-0.1, -0.05) is 6.92 Å². The quantitative estimate of drug-likeness (QED) is 0.225. The van der Waals surface area contributed by atoms with Crippen LogP contribution >= 0.6 is 0 Å². The average Bonchev–Trinajstić information content (AvgIpc) is 2.24. The first-order valence-corrected chi connectivity index (χ1v) is 5.25. The Hall–Kier alpha value is -2.08. The fourth-order valence-electron chi connectivity index (χ4n) is 1.92. The Morgan fingerprint density at radius 2 is 2.06 bits per heavy atom. The minimum absolute atomic E-state index is 0.521. The number of carbonyl (C=O) groups is 3. The molecule has 1 amide bonds. The molecule has 4 atom stereocenters. The molecule has 1 aliphatic heterocycles. The Bertz CT molecular complexity index is 456. The van der Waals surface area contributed by atoms with Gasteiger partial charge in [-0.25, -0.2) is 9.18 Å². The summed E-state index contributed by atoms with van der Waals surface area (Å²) in [6, 6.07) is -0.791. The number of alkyl halides is 1. The van der Waals surface area contributed by atoms with Crippen LogP contribution in [-0.2, 0) is 14.4 Å². The van der Waals surface area contributed by atoms with Crippen LogP contribution in [0.15, 0.2) is 0 Å². The van der Waals surface area contributed by atoms with E-state index in [4.69, 9.17) is 10.6 Å². The van der Waals surface area contributed by atoms with E-state index in [9.17, 15) is 18.8 Å². The number of carboxylic acids is 1. The van der Waals surface area contributed by atoms with Crippen molar-refractivity contribution in [3.63, 3.8) is 0 Å². The second kappa shape index (κ2) is 5.05. The molecule has 4 unspecified atom stereocenters. The number of halogens is 1. The third kappa shape index (κ3) is 2.28. The van der Waals surface area contributed by atoms with Crippen molar-refractivity contribution in [1.29, 1.82) is 0 Å². The average molecular weight is 257 g/mol. The number of β-lactam (4-membered cyclic amide) rings is 1. The molecule has 1 saturated heterocycles. The molecule has 0 aromatic rings. The second-order valence-electron chi connectivity index (χ2n) is 4.14. The topological polar surface area (TPSA) is 120 Å². The van der Waals surface area contributed by atoms with Crippen LogP contribution in [0.2, 0.25) is 0 Å². The van der Waals surface area contributed by atoms with Crippen LogP contribution < -0.4 is 5.32 Å². The first-order valence-electron chi connectivity index (χ1n) is 5.25. The lowest BCUT2D eigenvalue weighted by Crippen LogP contribution is -2.65. The van der Waals surface area contributed by atoms with Gasteiger partial charge in [-0.15, -0.1) is 0 Å². The number of nitrogens with one attached hydrogen (secondary N) is 1. The predicted octanol–water partition coefficient (Wildman–Crippen LogP) is -0.580. The van der Waals surface area contributed by atoms with Crippen molar-refractivity contribution in [3.8, 4) is 0 Å². The van der Waals surface area contributed by atoms with Gasteiger partial charge in [-0.05, 0) is 6.92 Å². The maximum absolute atomic E-state index is 13.1. The zero-order valence-electron chi connectivity index (χ0n) is 9.75. The van der Waals surface area contributed by atoms with E-state index in [0.717, 1.165) is 0 Å². The number of aliphatic carboxylic acids is 1. The lowest BCUT2D eigenvalue weighted by Gasteiger charge is -2.40. The Morgan fingerprint density at radius 3 is 2.39 bits per heavy atom. The van der Waals surface area contributed by atoms with E-state index in [2.05, 4.69) is 10.1 Å². The predicted molar refractivity (Wildman–Crippen MR) is 56.4 cm³/mol. The summed E-state index contributed by atoms with van der Waals surface area (Å²) < 4.78 is 13.1. The monoisotopic (exact) mass is 257 g/mol. The summed E-state index contributed by atoms with van der Waals surface area (Å²) in [5, 5.41) is 11.0. The molecule has 0 aromatic carbocycles. The van der Waals surface area contributed by atoms with E-state index >= 15 is 0 Å². The van der Waals surface area contributed by atoms with Gasteiger partial charge in [0.15, 0.2) is 0 Å². The summed E-state index contributed by atoms with van der Waals surface area (Å²) in [7, 11) is 0. The highest BCUT2D eigenvalue weighted by molar-refractivity contribution is 6.62. The highest BCUT2D eigenvalue weighted by Gasteiger charge is 2.50. The molecule has 1 aliphatic rings. The number of amides is 1. The molecule has 0 bridgehead atoms. The Kier molecular flexibility index (Phi) is 3.93. The van der Waals surface area contributed by atoms with Crippen LogP contribution in [0.4, 0.5) is 4.39 Å². The van der Waals surface area contributed by atoms with Crippen LogP contribution in [0, 0.1) is 11.8 Å². The molecule has 98 valence electrons. The number of hydrogen-bond donors (Lipinski definition) is 2. The van der Waals surface area contributed by atoms with E-state index < -0.39 is 47.4 Å². The van der Waals surface area contributed by atoms with Crippen LogP contribution in [-0.4, -0.2) is 45.5 Å². The van der Waals surface area contributed by atoms with Crippen molar-refractivity contribution in [2.45, 2.75) is 26.1 Å². The number of carbonyl (C=O) groups excluding carboxylic acids is 2. The van der Waals surface area contributed by atoms with Crippen molar-refractivity contribution in [3.05, 3.63) is 5.53 Å². The molecular weight excluding hydrogens is 245 g/mol. The zero-order valence-corrected chi connectivity index (χ0v) is 9.75. The molecular formula is C10H12FN3O4. The van der Waals surface area contributed by atoms with Crippen molar-refractivity contribution in [1.82, 2.24) is 5.32 Å². The number of carboxylic acid groups (broad SMARTS) is 1. The highest BCUT2D eigenvalue weighted by atomic mass is 19.1. The molecule has 0 spiro atoms. The van der Waals surface area contributed by atoms with Gasteiger partial charge in [0.2, 0.25) is 5.91 Å². The standard InChI is InChI=1S/C10H12FN3O4/c1-3(8(15)7(14-12)10(17)18)6-5(4(2)11)9(16)13-6/h3-6H,1-2H3,(H,13,16)(H,17,18). The Labute approximate surface area is 102 Å². The molecule has 0 saturated carbocycles. The molecule has 1 rings (SSSR count). The van der Waals surface area contributed by atoms with Crippen molar-refractivity contribution >= 4 is 23.4 Å². The molecule has 2 N–H and O–H groups in total. The van der Waals surface area contributed by atoms with Gasteiger partial charge in [-0.3, -0.25) is 9.59 Å². The van der Waals surface area contributed by atoms with Gasteiger partial charge in [0.1, 0.15) is 6.17 Å². The normalized spacial score (nSPS) is 25.2. The van der Waals surface area contributed by atoms with Gasteiger partial charge >= 0.3 is 11.7 Å². The summed E-state index contributed by atoms with van der Waals surface area (Å²) in [5.41, 5.74) is 7.41. The maximum atomic E-state index is 13.1. The molecule has 0 aliphatic carbocycles. The van der Waals surface area contributed by atoms with Crippen LogP contribution in [0.3, 0.4) is 0 Å². The van der Waals surface area contributed by atoms with E-state index in [-0.39, 0.29) is 0 Å². The number of hydrogen-bond acceptors (Lipinski definition) is 3. The summed E-state index contributed by atoms with van der Waals surface area (Å²) >= 11 is 0. The molecule has 7 nitrogen and oxygen atoms in total. The lowest BCUT2D eigenvalue weighted by molar-refractivity contribution is -0.143. The summed E-state index contributed by atoms with van der Waals surface area (Å²) in [4.78, 5) is 35.8. The zero-order chi connectivity index (χ0) is 14.0. The number of nitrogens with zero attached hydrogens (tertiary/aromatic N) is 2. The maximum Gasteiger partial charge on any atom is 0.441 e. The van der Waals surface area contributed by atoms with Gasteiger partial charge in [0.25, 0.3) is 5.78 Å². The lowest BCUT2D eigenvalue weighted by atomic mass is 9.77. The van der Waals surface area contributed by atoms with Crippen molar-refractivity contribution in [2.75, 3.05) is 0 Å². The SMILES string of the molecule is CC(F)C1C(=O)NC1C(C)C(=O)C(=[N+]=[N-])C(=O)O. The van der Waals surface area contributed by atoms with E-state index in [1.54, 1.807) is 0 Å². The van der Waals surface area contributed by atoms with Crippen molar-refractivity contribution in [2.24, 2.45) is 11.8 Å². The molecule has 0 radical (unpaired) electrons. The van der Waals surface area contributed by atoms with Crippen LogP contribution in [0.25, 0.3) is 5.53 Å². The Morgan fingerprint density at radius 1 is 1.50 bits per heavy atom. The molecule has 1 fully saturated rings. The Balaban J connectivity index is 2.86. The van der Waals surface area contributed by atoms with Gasteiger partial charge in [-0.2, -0.15) is 4.79 Å². The second-order valence-corrected chi connectivity index (χ2v) is 4.14. The van der Waals surface area contributed by atoms with Gasteiger partial charge in [0, 0.05) is 5.92 Å². The number of Topliss-reactive ketones (excluding diaryl/α,β-unsaturated/α-hetero) is 1. The fourth-order valence-corrected chi connectivity index (χ4v) is 1.92. The third-order valence-corrected chi connectivity index (χ3v) is 2.98. The molecule has 8 heteroatoms. The van der Waals surface area contributed by atoms with Crippen LogP contribution in [0.5, 0.6) is 0 Å². The van der Waals surface area contributed by atoms with Crippen molar-refractivity contribution < 1.29 is 28.7 Å². The van der Waals surface area contributed by atoms with E-state index in [0.29, 0.717) is 0 Å². The van der Waals surface area contributed by atoms with Gasteiger partial charge in [0.05, 0.1) is 12.0 Å². The minimum Gasteiger partial charge on any atom is -0.472 e. The fraction of sp³-hybridized carbons (Fsp3) is 0.600. The summed E-state index contributed by atoms with van der Waals surface area (Å²) in [6.45, 7) is 2.53.